The van der Waals surface area contributed by atoms with Crippen LogP contribution < -0.4 is 0 Å². The number of aliphatic hydroxyl groups is 2. The van der Waals surface area contributed by atoms with Crippen LogP contribution in [0.3, 0.4) is 0 Å². The first kappa shape index (κ1) is 10.2. The molecule has 0 aliphatic heterocycles. The van der Waals surface area contributed by atoms with Gasteiger partial charge in [0.2, 0.25) is 0 Å². The van der Waals surface area contributed by atoms with Crippen molar-refractivity contribution in [2.75, 3.05) is 13.2 Å². The van der Waals surface area contributed by atoms with Crippen LogP contribution in [0.1, 0.15) is 5.56 Å². The highest BCUT2D eigenvalue weighted by molar-refractivity contribution is 5.13. The van der Waals surface area contributed by atoms with Crippen molar-refractivity contribution < 1.29 is 14.9 Å². The topological polar surface area (TPSA) is 49.7 Å². The fourth-order valence-corrected chi connectivity index (χ4v) is 0.951. The Labute approximate surface area is 77.6 Å². The lowest BCUT2D eigenvalue weighted by Crippen LogP contribution is -2.21. The van der Waals surface area contributed by atoms with E-state index in [2.05, 4.69) is 0 Å². The van der Waals surface area contributed by atoms with Crippen molar-refractivity contribution in [2.24, 2.45) is 0 Å². The summed E-state index contributed by atoms with van der Waals surface area (Å²) in [7, 11) is 0. The van der Waals surface area contributed by atoms with E-state index in [0.717, 1.165) is 5.56 Å². The van der Waals surface area contributed by atoms with Crippen molar-refractivity contribution in [2.45, 2.75) is 12.7 Å². The van der Waals surface area contributed by atoms with Gasteiger partial charge in [0.25, 0.3) is 0 Å². The van der Waals surface area contributed by atoms with Crippen molar-refractivity contribution in [1.29, 1.82) is 0 Å². The summed E-state index contributed by atoms with van der Waals surface area (Å²) in [6.07, 6.45) is -0.472. The van der Waals surface area contributed by atoms with Crippen LogP contribution in [-0.2, 0) is 11.3 Å². The Kier molecular flexibility index (Phi) is 4.46. The first-order valence-corrected chi connectivity index (χ1v) is 4.24. The molecule has 72 valence electrons. The maximum atomic E-state index is 8.72. The second kappa shape index (κ2) is 5.70. The van der Waals surface area contributed by atoms with Gasteiger partial charge in [-0.05, 0) is 5.56 Å². The van der Waals surface area contributed by atoms with Crippen molar-refractivity contribution in [3.63, 3.8) is 0 Å². The number of rotatable bonds is 5. The van der Waals surface area contributed by atoms with Gasteiger partial charge in [0, 0.05) is 0 Å². The van der Waals surface area contributed by atoms with Crippen molar-refractivity contribution in [3.05, 3.63) is 35.9 Å². The Morgan fingerprint density at radius 1 is 1.08 bits per heavy atom. The largest absolute Gasteiger partial charge is 0.394 e. The molecule has 0 aliphatic rings. The summed E-state index contributed by atoms with van der Waals surface area (Å²) in [6, 6.07) is 9.65. The SMILES string of the molecule is OCC(CO)OCc1ccccc1. The predicted molar refractivity (Wildman–Crippen MR) is 49.2 cm³/mol. The van der Waals surface area contributed by atoms with Crippen LogP contribution in [0.4, 0.5) is 0 Å². The quantitative estimate of drug-likeness (QED) is 0.699. The second-order valence-corrected chi connectivity index (χ2v) is 2.78. The minimum absolute atomic E-state index is 0.149. The van der Waals surface area contributed by atoms with Crippen LogP contribution in [-0.4, -0.2) is 29.5 Å². The van der Waals surface area contributed by atoms with E-state index in [1.807, 2.05) is 30.3 Å². The minimum Gasteiger partial charge on any atom is -0.394 e. The molecule has 0 spiro atoms. The molecule has 0 aliphatic carbocycles. The fraction of sp³-hybridized carbons (Fsp3) is 0.400. The molecule has 3 nitrogen and oxygen atoms in total. The third kappa shape index (κ3) is 3.55. The van der Waals surface area contributed by atoms with Crippen LogP contribution in [0.2, 0.25) is 0 Å². The van der Waals surface area contributed by atoms with Crippen molar-refractivity contribution in [3.8, 4) is 0 Å². The zero-order valence-corrected chi connectivity index (χ0v) is 7.39. The average Bonchev–Trinajstić information content (AvgIpc) is 2.21. The summed E-state index contributed by atoms with van der Waals surface area (Å²) in [5.74, 6) is 0. The molecule has 0 saturated carbocycles. The van der Waals surface area contributed by atoms with Crippen LogP contribution >= 0.6 is 0 Å². The predicted octanol–water partition coefficient (Wildman–Crippen LogP) is 0.556. The van der Waals surface area contributed by atoms with Crippen LogP contribution in [0, 0.1) is 0 Å². The number of hydrogen-bond donors (Lipinski definition) is 2. The average molecular weight is 182 g/mol. The van der Waals surface area contributed by atoms with Gasteiger partial charge >= 0.3 is 0 Å². The Morgan fingerprint density at radius 3 is 2.23 bits per heavy atom. The van der Waals surface area contributed by atoms with Gasteiger partial charge in [-0.15, -0.1) is 0 Å². The minimum atomic E-state index is -0.472. The highest BCUT2D eigenvalue weighted by Gasteiger charge is 2.04. The van der Waals surface area contributed by atoms with Crippen molar-refractivity contribution in [1.82, 2.24) is 0 Å². The number of aliphatic hydroxyl groups excluding tert-OH is 2. The van der Waals surface area contributed by atoms with E-state index in [1.54, 1.807) is 0 Å². The third-order valence-corrected chi connectivity index (χ3v) is 1.74. The first-order chi connectivity index (χ1) is 6.36. The highest BCUT2D eigenvalue weighted by Crippen LogP contribution is 2.02. The highest BCUT2D eigenvalue weighted by atomic mass is 16.5. The summed E-state index contributed by atoms with van der Waals surface area (Å²) >= 11 is 0. The van der Waals surface area contributed by atoms with Gasteiger partial charge in [-0.3, -0.25) is 0 Å². The van der Waals surface area contributed by atoms with Gasteiger partial charge in [0.1, 0.15) is 6.10 Å². The lowest BCUT2D eigenvalue weighted by Gasteiger charge is -2.11. The molecule has 0 heterocycles. The monoisotopic (exact) mass is 182 g/mol. The third-order valence-electron chi connectivity index (χ3n) is 1.74. The van der Waals surface area contributed by atoms with Gasteiger partial charge in [-0.1, -0.05) is 30.3 Å². The molecule has 0 fully saturated rings. The molecule has 0 bridgehead atoms. The zero-order valence-electron chi connectivity index (χ0n) is 7.39. The molecule has 0 saturated heterocycles. The van der Waals surface area contributed by atoms with Gasteiger partial charge in [-0.25, -0.2) is 0 Å². The Hall–Kier alpha value is -0.900. The summed E-state index contributed by atoms with van der Waals surface area (Å²) in [6.45, 7) is 0.124. The molecule has 0 atom stereocenters. The van der Waals surface area contributed by atoms with Crippen LogP contribution in [0.15, 0.2) is 30.3 Å². The molecule has 1 aromatic rings. The molecular formula is C10H14O3. The van der Waals surface area contributed by atoms with E-state index < -0.39 is 6.10 Å². The Bertz CT molecular complexity index is 219. The summed E-state index contributed by atoms with van der Waals surface area (Å²) in [4.78, 5) is 0. The molecule has 0 amide bonds. The zero-order chi connectivity index (χ0) is 9.52. The maximum absolute atomic E-state index is 8.72. The van der Waals surface area contributed by atoms with E-state index in [-0.39, 0.29) is 13.2 Å². The van der Waals surface area contributed by atoms with E-state index in [9.17, 15) is 0 Å². The van der Waals surface area contributed by atoms with E-state index >= 15 is 0 Å². The molecule has 0 aromatic heterocycles. The first-order valence-electron chi connectivity index (χ1n) is 4.24. The normalized spacial score (nSPS) is 10.7. The van der Waals surface area contributed by atoms with Gasteiger partial charge in [0.05, 0.1) is 19.8 Å². The fourth-order valence-electron chi connectivity index (χ4n) is 0.951. The molecule has 0 radical (unpaired) electrons. The standard InChI is InChI=1S/C10H14O3/c11-6-10(7-12)13-8-9-4-2-1-3-5-9/h1-5,10-12H,6-8H2. The molecule has 1 rings (SSSR count). The smallest absolute Gasteiger partial charge is 0.104 e. The molecule has 13 heavy (non-hydrogen) atoms. The lowest BCUT2D eigenvalue weighted by atomic mass is 10.2. The number of ether oxygens (including phenoxy) is 1. The summed E-state index contributed by atoms with van der Waals surface area (Å²) in [5, 5.41) is 17.4. The van der Waals surface area contributed by atoms with E-state index in [4.69, 9.17) is 14.9 Å². The molecule has 1 aromatic carbocycles. The molecule has 3 heteroatoms. The van der Waals surface area contributed by atoms with E-state index in [0.29, 0.717) is 6.61 Å². The van der Waals surface area contributed by atoms with Gasteiger partial charge in [0.15, 0.2) is 0 Å². The molecule has 0 unspecified atom stereocenters. The molecular weight excluding hydrogens is 168 g/mol. The van der Waals surface area contributed by atoms with Gasteiger partial charge in [-0.2, -0.15) is 0 Å². The van der Waals surface area contributed by atoms with Crippen LogP contribution in [0.25, 0.3) is 0 Å². The summed E-state index contributed by atoms with van der Waals surface area (Å²) in [5.41, 5.74) is 1.04. The van der Waals surface area contributed by atoms with E-state index in [1.165, 1.54) is 0 Å². The van der Waals surface area contributed by atoms with Crippen LogP contribution in [0.5, 0.6) is 0 Å². The lowest BCUT2D eigenvalue weighted by molar-refractivity contribution is -0.0284. The maximum Gasteiger partial charge on any atom is 0.104 e. The van der Waals surface area contributed by atoms with Crippen molar-refractivity contribution >= 4 is 0 Å². The Morgan fingerprint density at radius 2 is 1.69 bits per heavy atom. The Balaban J connectivity index is 2.34. The number of benzene rings is 1. The summed E-state index contributed by atoms with van der Waals surface area (Å²) < 4.78 is 5.23. The number of hydrogen-bond acceptors (Lipinski definition) is 3. The van der Waals surface area contributed by atoms with Gasteiger partial charge < -0.3 is 14.9 Å². The molecule has 2 N–H and O–H groups in total. The second-order valence-electron chi connectivity index (χ2n) is 2.78.